The molecule has 1 fully saturated rings. The zero-order chi connectivity index (χ0) is 11.5. The second-order valence-electron chi connectivity index (χ2n) is 4.35. The maximum absolute atomic E-state index is 12.9. The van der Waals surface area contributed by atoms with E-state index in [4.69, 9.17) is 5.73 Å². The Bertz CT molecular complexity index is 368. The minimum Gasteiger partial charge on any atom is -0.328 e. The average molecular weight is 324 g/mol. The number of nitrogens with zero attached hydrogens (tertiary/aromatic N) is 1. The molecule has 96 valence electrons. The highest BCUT2D eigenvalue weighted by Crippen LogP contribution is 2.21. The van der Waals surface area contributed by atoms with Crippen LogP contribution in [-0.2, 0) is 6.54 Å². The van der Waals surface area contributed by atoms with Gasteiger partial charge in [-0.15, -0.1) is 12.4 Å². The van der Waals surface area contributed by atoms with E-state index in [1.165, 1.54) is 12.1 Å². The summed E-state index contributed by atoms with van der Waals surface area (Å²) < 4.78 is 13.8. The molecule has 1 aliphatic heterocycles. The predicted octanol–water partition coefficient (Wildman–Crippen LogP) is 2.93. The van der Waals surface area contributed by atoms with Gasteiger partial charge in [-0.3, -0.25) is 4.90 Å². The fourth-order valence-corrected chi connectivity index (χ4v) is 2.48. The molecule has 0 spiro atoms. The van der Waals surface area contributed by atoms with E-state index < -0.39 is 0 Å². The Morgan fingerprint density at radius 2 is 2.00 bits per heavy atom. The van der Waals surface area contributed by atoms with Crippen LogP contribution in [-0.4, -0.2) is 24.0 Å². The molecule has 0 bridgehead atoms. The normalized spacial score (nSPS) is 17.8. The zero-order valence-electron chi connectivity index (χ0n) is 9.53. The minimum absolute atomic E-state index is 0. The number of halogens is 3. The summed E-state index contributed by atoms with van der Waals surface area (Å²) in [5, 5.41) is 0. The van der Waals surface area contributed by atoms with Crippen molar-refractivity contribution >= 4 is 28.3 Å². The van der Waals surface area contributed by atoms with Gasteiger partial charge in [-0.2, -0.15) is 0 Å². The van der Waals surface area contributed by atoms with Crippen molar-refractivity contribution in [2.24, 2.45) is 5.73 Å². The van der Waals surface area contributed by atoms with Gasteiger partial charge in [0.05, 0.1) is 0 Å². The Balaban J connectivity index is 0.00000144. The van der Waals surface area contributed by atoms with E-state index in [1.54, 1.807) is 0 Å². The van der Waals surface area contributed by atoms with Gasteiger partial charge in [-0.25, -0.2) is 4.39 Å². The van der Waals surface area contributed by atoms with Crippen molar-refractivity contribution in [3.05, 3.63) is 34.1 Å². The third-order valence-electron chi connectivity index (χ3n) is 3.04. The molecule has 0 aromatic heterocycles. The molecule has 17 heavy (non-hydrogen) atoms. The Morgan fingerprint density at radius 3 is 2.59 bits per heavy atom. The van der Waals surface area contributed by atoms with Crippen LogP contribution in [0.15, 0.2) is 22.7 Å². The topological polar surface area (TPSA) is 29.3 Å². The first-order valence-corrected chi connectivity index (χ1v) is 6.36. The van der Waals surface area contributed by atoms with Crippen LogP contribution in [0.3, 0.4) is 0 Å². The van der Waals surface area contributed by atoms with Gasteiger partial charge in [-0.05, 0) is 43.6 Å². The van der Waals surface area contributed by atoms with Gasteiger partial charge in [0.1, 0.15) is 5.82 Å². The Hall–Kier alpha value is -0.160. The van der Waals surface area contributed by atoms with Crippen molar-refractivity contribution in [2.75, 3.05) is 13.1 Å². The van der Waals surface area contributed by atoms with E-state index in [0.717, 1.165) is 42.5 Å². The number of hydrogen-bond donors (Lipinski definition) is 1. The summed E-state index contributed by atoms with van der Waals surface area (Å²) in [6.45, 7) is 2.93. The number of nitrogens with two attached hydrogens (primary N) is 1. The second kappa shape index (κ2) is 6.69. The predicted molar refractivity (Wildman–Crippen MR) is 73.8 cm³/mol. The molecule has 1 aliphatic rings. The van der Waals surface area contributed by atoms with E-state index in [9.17, 15) is 4.39 Å². The zero-order valence-corrected chi connectivity index (χ0v) is 11.9. The van der Waals surface area contributed by atoms with Crippen LogP contribution < -0.4 is 5.73 Å². The van der Waals surface area contributed by atoms with Crippen molar-refractivity contribution in [1.82, 2.24) is 4.90 Å². The van der Waals surface area contributed by atoms with Crippen LogP contribution in [0.2, 0.25) is 0 Å². The first kappa shape index (κ1) is 14.9. The minimum atomic E-state index is -0.198. The quantitative estimate of drug-likeness (QED) is 0.907. The van der Waals surface area contributed by atoms with Crippen LogP contribution in [0.25, 0.3) is 0 Å². The fraction of sp³-hybridized carbons (Fsp3) is 0.500. The molecule has 1 saturated heterocycles. The van der Waals surface area contributed by atoms with Crippen LogP contribution in [0.1, 0.15) is 18.4 Å². The molecule has 2 N–H and O–H groups in total. The fourth-order valence-electron chi connectivity index (χ4n) is 2.00. The third kappa shape index (κ3) is 4.21. The van der Waals surface area contributed by atoms with Crippen molar-refractivity contribution < 1.29 is 4.39 Å². The van der Waals surface area contributed by atoms with Gasteiger partial charge in [0.25, 0.3) is 0 Å². The van der Waals surface area contributed by atoms with Crippen molar-refractivity contribution in [3.63, 3.8) is 0 Å². The first-order valence-electron chi connectivity index (χ1n) is 5.57. The highest BCUT2D eigenvalue weighted by Gasteiger charge is 2.16. The van der Waals surface area contributed by atoms with Gasteiger partial charge < -0.3 is 5.73 Å². The molecular formula is C12H17BrClFN2. The van der Waals surface area contributed by atoms with Crippen LogP contribution in [0, 0.1) is 5.82 Å². The summed E-state index contributed by atoms with van der Waals surface area (Å²) in [6, 6.07) is 5.22. The number of benzene rings is 1. The van der Waals surface area contributed by atoms with E-state index in [0.29, 0.717) is 6.04 Å². The lowest BCUT2D eigenvalue weighted by atomic mass is 10.1. The van der Waals surface area contributed by atoms with Crippen LogP contribution in [0.5, 0.6) is 0 Å². The number of hydrogen-bond acceptors (Lipinski definition) is 2. The highest BCUT2D eigenvalue weighted by molar-refractivity contribution is 9.10. The van der Waals surface area contributed by atoms with Crippen LogP contribution in [0.4, 0.5) is 4.39 Å². The summed E-state index contributed by atoms with van der Waals surface area (Å²) in [4.78, 5) is 2.36. The lowest BCUT2D eigenvalue weighted by molar-refractivity contribution is 0.205. The molecule has 0 saturated carbocycles. The molecule has 0 amide bonds. The van der Waals surface area contributed by atoms with Gasteiger partial charge in [-0.1, -0.05) is 22.0 Å². The number of piperidine rings is 1. The second-order valence-corrected chi connectivity index (χ2v) is 5.20. The van der Waals surface area contributed by atoms with E-state index in [-0.39, 0.29) is 18.2 Å². The number of rotatable bonds is 2. The molecule has 1 heterocycles. The molecule has 2 rings (SSSR count). The molecule has 5 heteroatoms. The van der Waals surface area contributed by atoms with Crippen molar-refractivity contribution in [2.45, 2.75) is 25.4 Å². The molecule has 0 aliphatic carbocycles. The number of likely N-dealkylation sites (tertiary alicyclic amines) is 1. The molecule has 1 aromatic carbocycles. The summed E-state index contributed by atoms with van der Waals surface area (Å²) >= 11 is 3.39. The summed E-state index contributed by atoms with van der Waals surface area (Å²) in [5.74, 6) is -0.198. The maximum Gasteiger partial charge on any atom is 0.124 e. The Morgan fingerprint density at radius 1 is 1.35 bits per heavy atom. The van der Waals surface area contributed by atoms with E-state index >= 15 is 0 Å². The Labute approximate surface area is 116 Å². The third-order valence-corrected chi connectivity index (χ3v) is 3.78. The molecule has 0 unspecified atom stereocenters. The molecule has 1 aromatic rings. The van der Waals surface area contributed by atoms with Crippen LogP contribution >= 0.6 is 28.3 Å². The SMILES string of the molecule is Cl.NC1CCN(Cc2ccc(F)cc2Br)CC1. The Kier molecular flexibility index (Phi) is 5.86. The lowest BCUT2D eigenvalue weighted by Crippen LogP contribution is -2.39. The molecular weight excluding hydrogens is 307 g/mol. The molecule has 0 atom stereocenters. The first-order chi connectivity index (χ1) is 7.65. The lowest BCUT2D eigenvalue weighted by Gasteiger charge is -2.30. The van der Waals surface area contributed by atoms with Gasteiger partial charge >= 0.3 is 0 Å². The monoisotopic (exact) mass is 322 g/mol. The maximum atomic E-state index is 12.9. The summed E-state index contributed by atoms with van der Waals surface area (Å²) in [6.07, 6.45) is 2.11. The van der Waals surface area contributed by atoms with Crippen molar-refractivity contribution in [3.8, 4) is 0 Å². The summed E-state index contributed by atoms with van der Waals surface area (Å²) in [7, 11) is 0. The van der Waals surface area contributed by atoms with Crippen molar-refractivity contribution in [1.29, 1.82) is 0 Å². The van der Waals surface area contributed by atoms with Gasteiger partial charge in [0, 0.05) is 17.1 Å². The van der Waals surface area contributed by atoms with E-state index in [2.05, 4.69) is 20.8 Å². The smallest absolute Gasteiger partial charge is 0.124 e. The molecule has 0 radical (unpaired) electrons. The largest absolute Gasteiger partial charge is 0.328 e. The average Bonchev–Trinajstić information content (AvgIpc) is 2.25. The van der Waals surface area contributed by atoms with Gasteiger partial charge in [0.15, 0.2) is 0 Å². The standard InChI is InChI=1S/C12H16BrFN2.ClH/c13-12-7-10(14)2-1-9(12)8-16-5-3-11(15)4-6-16;/h1-2,7,11H,3-6,8,15H2;1H. The van der Waals surface area contributed by atoms with Gasteiger partial charge in [0.2, 0.25) is 0 Å². The summed E-state index contributed by atoms with van der Waals surface area (Å²) in [5.41, 5.74) is 6.99. The highest BCUT2D eigenvalue weighted by atomic mass is 79.9. The molecule has 2 nitrogen and oxygen atoms in total. The van der Waals surface area contributed by atoms with E-state index in [1.807, 2.05) is 6.07 Å².